The van der Waals surface area contributed by atoms with Crippen molar-refractivity contribution < 1.29 is 9.90 Å². The summed E-state index contributed by atoms with van der Waals surface area (Å²) in [7, 11) is 0. The van der Waals surface area contributed by atoms with Crippen molar-refractivity contribution in [1.82, 2.24) is 5.32 Å². The van der Waals surface area contributed by atoms with Crippen LogP contribution in [0.3, 0.4) is 0 Å². The van der Waals surface area contributed by atoms with Crippen molar-refractivity contribution in [2.75, 3.05) is 13.2 Å². The quantitative estimate of drug-likeness (QED) is 0.824. The van der Waals surface area contributed by atoms with Crippen molar-refractivity contribution in [1.29, 1.82) is 0 Å². The molecule has 0 aliphatic heterocycles. The molecular weight excluding hydrogens is 238 g/mol. The molecule has 19 heavy (non-hydrogen) atoms. The Balaban J connectivity index is 1.86. The van der Waals surface area contributed by atoms with E-state index in [1.54, 1.807) is 0 Å². The highest BCUT2D eigenvalue weighted by molar-refractivity contribution is 5.79. The van der Waals surface area contributed by atoms with Gasteiger partial charge >= 0.3 is 0 Å². The maximum Gasteiger partial charge on any atom is 0.224 e. The van der Waals surface area contributed by atoms with E-state index in [-0.39, 0.29) is 17.9 Å². The van der Waals surface area contributed by atoms with E-state index in [1.807, 2.05) is 13.8 Å². The number of carbonyl (C=O) groups excluding carboxylic acids is 1. The van der Waals surface area contributed by atoms with E-state index >= 15 is 0 Å². The van der Waals surface area contributed by atoms with E-state index < -0.39 is 0 Å². The molecule has 1 aliphatic carbocycles. The van der Waals surface area contributed by atoms with Gasteiger partial charge in [-0.1, -0.05) is 23.8 Å². The van der Waals surface area contributed by atoms with E-state index in [2.05, 4.69) is 23.5 Å². The average Bonchev–Trinajstić information content (AvgIpc) is 3.12. The number of aliphatic hydroxyl groups excluding tert-OH is 1. The van der Waals surface area contributed by atoms with Crippen LogP contribution in [0.5, 0.6) is 0 Å². The van der Waals surface area contributed by atoms with Crippen LogP contribution in [0.25, 0.3) is 0 Å². The Morgan fingerprint density at radius 2 is 2.11 bits per heavy atom. The molecule has 1 aromatic carbocycles. The average molecular weight is 261 g/mol. The summed E-state index contributed by atoms with van der Waals surface area (Å²) in [6, 6.07) is 6.21. The lowest BCUT2D eigenvalue weighted by atomic mass is 10.0. The van der Waals surface area contributed by atoms with Gasteiger partial charge in [0.1, 0.15) is 0 Å². The standard InChI is InChI=1S/C16H23NO2/c1-12-3-4-13(2)14(9-12)10-15(19)17-11-16(5-6-16)7-8-18/h3-4,9,18H,5-8,10-11H2,1-2H3,(H,17,19). The van der Waals surface area contributed by atoms with Crippen LogP contribution in [-0.4, -0.2) is 24.2 Å². The highest BCUT2D eigenvalue weighted by atomic mass is 16.3. The van der Waals surface area contributed by atoms with Gasteiger partial charge in [-0.3, -0.25) is 4.79 Å². The Morgan fingerprint density at radius 1 is 1.37 bits per heavy atom. The zero-order chi connectivity index (χ0) is 13.9. The second-order valence-electron chi connectivity index (χ2n) is 5.86. The SMILES string of the molecule is Cc1ccc(C)c(CC(=O)NCC2(CCO)CC2)c1. The highest BCUT2D eigenvalue weighted by Crippen LogP contribution is 2.47. The Labute approximate surface area is 115 Å². The molecule has 0 saturated heterocycles. The Hall–Kier alpha value is -1.35. The first-order valence-corrected chi connectivity index (χ1v) is 6.98. The number of aliphatic hydroxyl groups is 1. The summed E-state index contributed by atoms with van der Waals surface area (Å²) in [6.45, 7) is 5.00. The lowest BCUT2D eigenvalue weighted by Gasteiger charge is -2.15. The number of carbonyl (C=O) groups is 1. The minimum Gasteiger partial charge on any atom is -0.396 e. The number of amides is 1. The van der Waals surface area contributed by atoms with Gasteiger partial charge in [0, 0.05) is 13.2 Å². The predicted octanol–water partition coefficient (Wildman–Crippen LogP) is 2.12. The zero-order valence-electron chi connectivity index (χ0n) is 11.8. The molecule has 1 fully saturated rings. The van der Waals surface area contributed by atoms with E-state index in [1.165, 1.54) is 5.56 Å². The summed E-state index contributed by atoms with van der Waals surface area (Å²) >= 11 is 0. The van der Waals surface area contributed by atoms with Crippen molar-refractivity contribution in [2.45, 2.75) is 39.5 Å². The molecular formula is C16H23NO2. The molecule has 104 valence electrons. The molecule has 0 heterocycles. The van der Waals surface area contributed by atoms with Crippen LogP contribution in [0.2, 0.25) is 0 Å². The molecule has 0 bridgehead atoms. The lowest BCUT2D eigenvalue weighted by Crippen LogP contribution is -2.32. The molecule has 0 unspecified atom stereocenters. The van der Waals surface area contributed by atoms with Gasteiger partial charge in [0.05, 0.1) is 6.42 Å². The smallest absolute Gasteiger partial charge is 0.224 e. The maximum absolute atomic E-state index is 12.0. The van der Waals surface area contributed by atoms with E-state index in [0.717, 1.165) is 30.4 Å². The number of hydrogen-bond acceptors (Lipinski definition) is 2. The molecule has 1 amide bonds. The van der Waals surface area contributed by atoms with Gasteiger partial charge in [-0.05, 0) is 49.7 Å². The first-order chi connectivity index (χ1) is 9.04. The second kappa shape index (κ2) is 5.74. The summed E-state index contributed by atoms with van der Waals surface area (Å²) < 4.78 is 0. The van der Waals surface area contributed by atoms with Crippen LogP contribution in [-0.2, 0) is 11.2 Å². The van der Waals surface area contributed by atoms with Gasteiger partial charge in [-0.15, -0.1) is 0 Å². The number of aryl methyl sites for hydroxylation is 2. The van der Waals surface area contributed by atoms with Crippen molar-refractivity contribution in [2.24, 2.45) is 5.41 Å². The predicted molar refractivity (Wildman–Crippen MR) is 76.0 cm³/mol. The zero-order valence-corrected chi connectivity index (χ0v) is 11.8. The van der Waals surface area contributed by atoms with E-state index in [9.17, 15) is 4.79 Å². The normalized spacial score (nSPS) is 16.2. The van der Waals surface area contributed by atoms with Gasteiger partial charge in [-0.25, -0.2) is 0 Å². The monoisotopic (exact) mass is 261 g/mol. The highest BCUT2D eigenvalue weighted by Gasteiger charge is 2.41. The maximum atomic E-state index is 12.0. The summed E-state index contributed by atoms with van der Waals surface area (Å²) in [6.07, 6.45) is 3.49. The largest absolute Gasteiger partial charge is 0.396 e. The van der Waals surface area contributed by atoms with Crippen LogP contribution in [0.4, 0.5) is 0 Å². The molecule has 0 spiro atoms. The minimum absolute atomic E-state index is 0.0814. The second-order valence-corrected chi connectivity index (χ2v) is 5.86. The fraction of sp³-hybridized carbons (Fsp3) is 0.562. The van der Waals surface area contributed by atoms with Gasteiger partial charge in [0.2, 0.25) is 5.91 Å². The van der Waals surface area contributed by atoms with Crippen LogP contribution < -0.4 is 5.32 Å². The molecule has 2 rings (SSSR count). The first-order valence-electron chi connectivity index (χ1n) is 6.98. The Morgan fingerprint density at radius 3 is 2.74 bits per heavy atom. The van der Waals surface area contributed by atoms with Gasteiger partial charge in [-0.2, -0.15) is 0 Å². The summed E-state index contributed by atoms with van der Waals surface area (Å²) in [4.78, 5) is 12.0. The van der Waals surface area contributed by atoms with Gasteiger partial charge in [0.15, 0.2) is 0 Å². The number of hydrogen-bond donors (Lipinski definition) is 2. The van der Waals surface area contributed by atoms with Crippen molar-refractivity contribution >= 4 is 5.91 Å². The first kappa shape index (κ1) is 14.1. The molecule has 3 nitrogen and oxygen atoms in total. The molecule has 0 aromatic heterocycles. The number of nitrogens with one attached hydrogen (secondary N) is 1. The van der Waals surface area contributed by atoms with Gasteiger partial charge < -0.3 is 10.4 Å². The molecule has 1 saturated carbocycles. The third kappa shape index (κ3) is 3.80. The third-order valence-electron chi connectivity index (χ3n) is 4.12. The fourth-order valence-electron chi connectivity index (χ4n) is 2.44. The van der Waals surface area contributed by atoms with Crippen molar-refractivity contribution in [3.8, 4) is 0 Å². The summed E-state index contributed by atoms with van der Waals surface area (Å²) in [5.74, 6) is 0.0814. The summed E-state index contributed by atoms with van der Waals surface area (Å²) in [5, 5.41) is 12.0. The summed E-state index contributed by atoms with van der Waals surface area (Å²) in [5.41, 5.74) is 3.64. The Bertz CT molecular complexity index is 464. The lowest BCUT2D eigenvalue weighted by molar-refractivity contribution is -0.120. The third-order valence-corrected chi connectivity index (χ3v) is 4.12. The van der Waals surface area contributed by atoms with Crippen LogP contribution >= 0.6 is 0 Å². The van der Waals surface area contributed by atoms with Gasteiger partial charge in [0.25, 0.3) is 0 Å². The number of rotatable bonds is 6. The van der Waals surface area contributed by atoms with E-state index in [4.69, 9.17) is 5.11 Å². The minimum atomic E-state index is 0.0814. The molecule has 0 radical (unpaired) electrons. The molecule has 0 atom stereocenters. The van der Waals surface area contributed by atoms with Crippen molar-refractivity contribution in [3.05, 3.63) is 34.9 Å². The topological polar surface area (TPSA) is 49.3 Å². The number of benzene rings is 1. The van der Waals surface area contributed by atoms with Crippen LogP contribution in [0.1, 0.15) is 36.0 Å². The Kier molecular flexibility index (Phi) is 4.25. The molecule has 1 aliphatic rings. The van der Waals surface area contributed by atoms with Crippen LogP contribution in [0.15, 0.2) is 18.2 Å². The molecule has 1 aromatic rings. The van der Waals surface area contributed by atoms with Crippen LogP contribution in [0, 0.1) is 19.3 Å². The fourth-order valence-corrected chi connectivity index (χ4v) is 2.44. The van der Waals surface area contributed by atoms with E-state index in [0.29, 0.717) is 13.0 Å². The molecule has 3 heteroatoms. The van der Waals surface area contributed by atoms with Crippen molar-refractivity contribution in [3.63, 3.8) is 0 Å². The molecule has 2 N–H and O–H groups in total.